The number of carbonyl (C=O) groups is 3. The molecule has 4 rings (SSSR count). The predicted octanol–water partition coefficient (Wildman–Crippen LogP) is 1.20. The fourth-order valence-electron chi connectivity index (χ4n) is 3.58. The largest absolute Gasteiger partial charge is 1.00 e. The number of ketones is 3. The van der Waals surface area contributed by atoms with Gasteiger partial charge in [0.05, 0.1) is 5.92 Å². The van der Waals surface area contributed by atoms with Crippen LogP contribution in [0.3, 0.4) is 0 Å². The smallest absolute Gasteiger partial charge is 1.00 e. The van der Waals surface area contributed by atoms with Crippen LogP contribution in [0.5, 0.6) is 0 Å². The molecular weight excluding hydrogens is 347 g/mol. The Bertz CT molecular complexity index is 928. The predicted molar refractivity (Wildman–Crippen MR) is 99.4 cm³/mol. The fraction of sp³-hybridized carbons (Fsp3) is 0.0870. The molecule has 0 N–H and O–H groups in total. The van der Waals surface area contributed by atoms with Crippen LogP contribution in [0.25, 0.3) is 0 Å². The van der Waals surface area contributed by atoms with Crippen LogP contribution in [0, 0.1) is 5.92 Å². The normalized spacial score (nSPS) is 13.4. The summed E-state index contributed by atoms with van der Waals surface area (Å²) in [6, 6.07) is 25.2. The first-order valence-corrected chi connectivity index (χ1v) is 8.49. The van der Waals surface area contributed by atoms with Gasteiger partial charge in [0.1, 0.15) is 5.92 Å². The van der Waals surface area contributed by atoms with Crippen molar-refractivity contribution in [1.82, 2.24) is 0 Å². The minimum absolute atomic E-state index is 0. The molecule has 0 fully saturated rings. The Kier molecular flexibility index (Phi) is 5.85. The Morgan fingerprint density at radius 1 is 0.667 bits per heavy atom. The van der Waals surface area contributed by atoms with Crippen molar-refractivity contribution < 1.29 is 45.4 Å². The van der Waals surface area contributed by atoms with Crippen molar-refractivity contribution in [3.8, 4) is 0 Å². The SMILES string of the molecule is O=C1c2ccccc2C(=O)C1C(=O)C(c1ccccc1)c1ccccc1.[H-].[Na+]. The van der Waals surface area contributed by atoms with Gasteiger partial charge in [0, 0.05) is 11.1 Å². The first-order valence-electron chi connectivity index (χ1n) is 8.49. The Morgan fingerprint density at radius 3 is 1.44 bits per heavy atom. The van der Waals surface area contributed by atoms with E-state index in [-0.39, 0.29) is 36.8 Å². The summed E-state index contributed by atoms with van der Waals surface area (Å²) in [4.78, 5) is 38.9. The molecule has 0 aliphatic heterocycles. The number of rotatable bonds is 4. The summed E-state index contributed by atoms with van der Waals surface area (Å²) in [5, 5.41) is 0. The maximum absolute atomic E-state index is 13.4. The molecule has 0 aromatic heterocycles. The monoisotopic (exact) mass is 364 g/mol. The molecule has 4 heteroatoms. The maximum Gasteiger partial charge on any atom is 1.00 e. The van der Waals surface area contributed by atoms with E-state index in [1.807, 2.05) is 60.7 Å². The first kappa shape index (κ1) is 19.4. The molecule has 0 amide bonds. The van der Waals surface area contributed by atoms with E-state index in [1.165, 1.54) is 0 Å². The molecule has 3 aromatic carbocycles. The van der Waals surface area contributed by atoms with E-state index in [2.05, 4.69) is 0 Å². The van der Waals surface area contributed by atoms with E-state index in [4.69, 9.17) is 0 Å². The minimum atomic E-state index is -1.27. The van der Waals surface area contributed by atoms with Crippen LogP contribution in [0.15, 0.2) is 84.9 Å². The van der Waals surface area contributed by atoms with Gasteiger partial charge in [0.15, 0.2) is 17.3 Å². The van der Waals surface area contributed by atoms with E-state index in [0.29, 0.717) is 11.1 Å². The first-order chi connectivity index (χ1) is 12.7. The molecule has 1 aliphatic rings. The van der Waals surface area contributed by atoms with E-state index in [0.717, 1.165) is 11.1 Å². The molecule has 0 saturated heterocycles. The molecule has 3 aromatic rings. The van der Waals surface area contributed by atoms with Crippen molar-refractivity contribution in [3.05, 3.63) is 107 Å². The van der Waals surface area contributed by atoms with Gasteiger partial charge in [-0.15, -0.1) is 0 Å². The van der Waals surface area contributed by atoms with Gasteiger partial charge in [-0.05, 0) is 11.1 Å². The molecular formula is C23H17NaO3. The summed E-state index contributed by atoms with van der Waals surface area (Å²) < 4.78 is 0. The molecule has 0 unspecified atom stereocenters. The number of carbonyl (C=O) groups excluding carboxylic acids is 3. The van der Waals surface area contributed by atoms with Gasteiger partial charge < -0.3 is 1.43 Å². The fourth-order valence-corrected chi connectivity index (χ4v) is 3.58. The van der Waals surface area contributed by atoms with Gasteiger partial charge in [0.25, 0.3) is 0 Å². The molecule has 0 bridgehead atoms. The minimum Gasteiger partial charge on any atom is -1.00 e. The quantitative estimate of drug-likeness (QED) is 0.516. The Morgan fingerprint density at radius 2 is 1.04 bits per heavy atom. The van der Waals surface area contributed by atoms with Gasteiger partial charge >= 0.3 is 29.6 Å². The van der Waals surface area contributed by atoms with Gasteiger partial charge in [-0.1, -0.05) is 84.9 Å². The van der Waals surface area contributed by atoms with E-state index >= 15 is 0 Å². The van der Waals surface area contributed by atoms with Crippen LogP contribution in [0.1, 0.15) is 39.2 Å². The van der Waals surface area contributed by atoms with Crippen LogP contribution in [0.4, 0.5) is 0 Å². The molecule has 27 heavy (non-hydrogen) atoms. The number of Topliss-reactive ketones (excluding diaryl/α,β-unsaturated/α-hetero) is 3. The Hall–Kier alpha value is -2.33. The van der Waals surface area contributed by atoms with Crippen LogP contribution >= 0.6 is 0 Å². The molecule has 0 radical (unpaired) electrons. The summed E-state index contributed by atoms with van der Waals surface area (Å²) in [5.41, 5.74) is 2.24. The zero-order valence-corrected chi connectivity index (χ0v) is 17.0. The van der Waals surface area contributed by atoms with E-state index < -0.39 is 23.4 Å². The van der Waals surface area contributed by atoms with Crippen molar-refractivity contribution in [3.63, 3.8) is 0 Å². The second-order valence-electron chi connectivity index (χ2n) is 6.36. The maximum atomic E-state index is 13.4. The second-order valence-corrected chi connectivity index (χ2v) is 6.36. The molecule has 0 saturated carbocycles. The zero-order valence-electron chi connectivity index (χ0n) is 16.0. The van der Waals surface area contributed by atoms with Gasteiger partial charge in [-0.3, -0.25) is 14.4 Å². The van der Waals surface area contributed by atoms with E-state index in [1.54, 1.807) is 24.3 Å². The number of benzene rings is 3. The summed E-state index contributed by atoms with van der Waals surface area (Å²) in [6.45, 7) is 0. The second kappa shape index (κ2) is 8.13. The Balaban J connectivity index is 0.00000140. The van der Waals surface area contributed by atoms with Gasteiger partial charge in [-0.2, -0.15) is 0 Å². The number of hydrogen-bond acceptors (Lipinski definition) is 3. The average molecular weight is 364 g/mol. The number of fused-ring (bicyclic) bond motifs is 1. The average Bonchev–Trinajstić information content (AvgIpc) is 2.95. The zero-order chi connectivity index (χ0) is 18.1. The van der Waals surface area contributed by atoms with Crippen LogP contribution < -0.4 is 29.6 Å². The Labute approximate surface area is 181 Å². The molecule has 128 valence electrons. The van der Waals surface area contributed by atoms with Crippen molar-refractivity contribution in [2.75, 3.05) is 0 Å². The molecule has 3 nitrogen and oxygen atoms in total. The third-order valence-corrected chi connectivity index (χ3v) is 4.82. The van der Waals surface area contributed by atoms with Crippen LogP contribution in [-0.4, -0.2) is 17.3 Å². The van der Waals surface area contributed by atoms with Crippen LogP contribution in [-0.2, 0) is 4.79 Å². The van der Waals surface area contributed by atoms with Crippen molar-refractivity contribution >= 4 is 17.3 Å². The molecule has 0 spiro atoms. The topological polar surface area (TPSA) is 51.2 Å². The molecule has 1 aliphatic carbocycles. The summed E-state index contributed by atoms with van der Waals surface area (Å²) in [5.74, 6) is -3.07. The van der Waals surface area contributed by atoms with Gasteiger partial charge in [0.2, 0.25) is 0 Å². The standard InChI is InChI=1S/C23H16O3.Na.H/c24-21-17-13-7-8-14-18(17)22(25)20(21)23(26)19(15-9-3-1-4-10-15)16-11-5-2-6-12-16;;/h1-14,19-20H;;/q;+1;-1. The molecule has 0 atom stereocenters. The van der Waals surface area contributed by atoms with Crippen molar-refractivity contribution in [2.24, 2.45) is 5.92 Å². The van der Waals surface area contributed by atoms with Crippen molar-refractivity contribution in [2.45, 2.75) is 5.92 Å². The van der Waals surface area contributed by atoms with Gasteiger partial charge in [-0.25, -0.2) is 0 Å². The third-order valence-electron chi connectivity index (χ3n) is 4.82. The third kappa shape index (κ3) is 3.46. The summed E-state index contributed by atoms with van der Waals surface area (Å²) in [6.07, 6.45) is 0. The van der Waals surface area contributed by atoms with Crippen LogP contribution in [0.2, 0.25) is 0 Å². The summed E-state index contributed by atoms with van der Waals surface area (Å²) in [7, 11) is 0. The summed E-state index contributed by atoms with van der Waals surface area (Å²) >= 11 is 0. The van der Waals surface area contributed by atoms with Crippen molar-refractivity contribution in [1.29, 1.82) is 0 Å². The number of hydrogen-bond donors (Lipinski definition) is 0. The van der Waals surface area contributed by atoms with E-state index in [9.17, 15) is 14.4 Å². The molecule has 0 heterocycles.